The van der Waals surface area contributed by atoms with Crippen LogP contribution in [0.3, 0.4) is 0 Å². The van der Waals surface area contributed by atoms with Gasteiger partial charge in [-0.25, -0.2) is 0 Å². The number of allylic oxidation sites excluding steroid dienone is 1. The SMILES string of the molecule is C/C(O)=C(\N=O)C(=O)N(C1CCCCC1)C1CCCCC1. The van der Waals surface area contributed by atoms with Gasteiger partial charge in [-0.05, 0) is 37.8 Å². The molecule has 0 aromatic rings. The number of aliphatic hydroxyl groups is 1. The number of rotatable bonds is 4. The Labute approximate surface area is 126 Å². The Bertz CT molecular complexity index is 386. The second-order valence-corrected chi connectivity index (χ2v) is 6.32. The zero-order valence-electron chi connectivity index (χ0n) is 12.9. The van der Waals surface area contributed by atoms with Crippen molar-refractivity contribution >= 4 is 5.91 Å². The summed E-state index contributed by atoms with van der Waals surface area (Å²) in [6, 6.07) is 0.399. The van der Waals surface area contributed by atoms with Crippen LogP contribution in [0.1, 0.15) is 71.1 Å². The number of hydrogen-bond acceptors (Lipinski definition) is 4. The van der Waals surface area contributed by atoms with Crippen LogP contribution in [0.5, 0.6) is 0 Å². The number of aliphatic hydroxyl groups excluding tert-OH is 1. The molecule has 21 heavy (non-hydrogen) atoms. The highest BCUT2D eigenvalue weighted by Crippen LogP contribution is 2.31. The van der Waals surface area contributed by atoms with Crippen molar-refractivity contribution in [2.75, 3.05) is 0 Å². The summed E-state index contributed by atoms with van der Waals surface area (Å²) in [6.45, 7) is 1.36. The van der Waals surface area contributed by atoms with E-state index in [0.717, 1.165) is 51.4 Å². The van der Waals surface area contributed by atoms with Crippen molar-refractivity contribution in [3.05, 3.63) is 16.4 Å². The normalized spacial score (nSPS) is 22.5. The molecular formula is C16H26N2O3. The van der Waals surface area contributed by atoms with Gasteiger partial charge in [0.2, 0.25) is 5.70 Å². The number of hydrogen-bond donors (Lipinski definition) is 1. The van der Waals surface area contributed by atoms with E-state index in [9.17, 15) is 14.8 Å². The first kappa shape index (κ1) is 16.0. The van der Waals surface area contributed by atoms with Crippen LogP contribution in [0.15, 0.2) is 16.6 Å². The number of nitroso groups, excluding NO2 is 1. The molecule has 0 aromatic heterocycles. The van der Waals surface area contributed by atoms with E-state index in [1.54, 1.807) is 0 Å². The summed E-state index contributed by atoms with van der Waals surface area (Å²) < 4.78 is 0. The van der Waals surface area contributed by atoms with Gasteiger partial charge in [0, 0.05) is 12.1 Å². The molecule has 5 heteroatoms. The fourth-order valence-corrected chi connectivity index (χ4v) is 3.73. The van der Waals surface area contributed by atoms with Crippen LogP contribution < -0.4 is 0 Å². The second kappa shape index (κ2) is 7.57. The predicted octanol–water partition coefficient (Wildman–Crippen LogP) is 4.04. The molecule has 2 fully saturated rings. The van der Waals surface area contributed by atoms with E-state index in [1.807, 2.05) is 4.90 Å². The van der Waals surface area contributed by atoms with Crippen molar-refractivity contribution in [1.29, 1.82) is 0 Å². The van der Waals surface area contributed by atoms with Gasteiger partial charge in [0.1, 0.15) is 5.76 Å². The Morgan fingerprint density at radius 2 is 1.38 bits per heavy atom. The van der Waals surface area contributed by atoms with Crippen LogP contribution in [-0.4, -0.2) is 28.0 Å². The van der Waals surface area contributed by atoms with Gasteiger partial charge in [-0.2, -0.15) is 0 Å². The molecule has 5 nitrogen and oxygen atoms in total. The lowest BCUT2D eigenvalue weighted by Crippen LogP contribution is -2.49. The maximum absolute atomic E-state index is 12.7. The topological polar surface area (TPSA) is 70.0 Å². The minimum Gasteiger partial charge on any atom is -0.510 e. The Morgan fingerprint density at radius 3 is 1.71 bits per heavy atom. The highest BCUT2D eigenvalue weighted by Gasteiger charge is 2.35. The second-order valence-electron chi connectivity index (χ2n) is 6.32. The zero-order valence-corrected chi connectivity index (χ0v) is 12.9. The predicted molar refractivity (Wildman–Crippen MR) is 81.7 cm³/mol. The Morgan fingerprint density at radius 1 is 0.952 bits per heavy atom. The number of carbonyl (C=O) groups excluding carboxylic acids is 1. The Kier molecular flexibility index (Phi) is 5.76. The van der Waals surface area contributed by atoms with Crippen molar-refractivity contribution in [2.45, 2.75) is 83.2 Å². The molecule has 0 aromatic carbocycles. The van der Waals surface area contributed by atoms with E-state index in [1.165, 1.54) is 19.8 Å². The largest absolute Gasteiger partial charge is 0.510 e. The van der Waals surface area contributed by atoms with Crippen LogP contribution in [-0.2, 0) is 4.79 Å². The van der Waals surface area contributed by atoms with Gasteiger partial charge in [-0.1, -0.05) is 38.5 Å². The van der Waals surface area contributed by atoms with Gasteiger partial charge in [-0.3, -0.25) is 4.79 Å². The van der Waals surface area contributed by atoms with Crippen LogP contribution in [0.2, 0.25) is 0 Å². The molecule has 0 saturated heterocycles. The van der Waals surface area contributed by atoms with Crippen LogP contribution in [0.25, 0.3) is 0 Å². The molecule has 1 amide bonds. The molecule has 0 unspecified atom stereocenters. The van der Waals surface area contributed by atoms with Gasteiger partial charge >= 0.3 is 0 Å². The summed E-state index contributed by atoms with van der Waals surface area (Å²) in [5.41, 5.74) is -0.314. The summed E-state index contributed by atoms with van der Waals surface area (Å²) in [5.74, 6) is -0.643. The van der Waals surface area contributed by atoms with Crippen molar-refractivity contribution < 1.29 is 9.90 Å². The van der Waals surface area contributed by atoms with Gasteiger partial charge in [-0.15, -0.1) is 4.91 Å². The zero-order chi connectivity index (χ0) is 15.2. The number of carbonyl (C=O) groups is 1. The summed E-state index contributed by atoms with van der Waals surface area (Å²) in [6.07, 6.45) is 11.0. The lowest BCUT2D eigenvalue weighted by molar-refractivity contribution is -0.134. The van der Waals surface area contributed by atoms with Gasteiger partial charge in [0.25, 0.3) is 5.91 Å². The van der Waals surface area contributed by atoms with Gasteiger partial charge < -0.3 is 10.0 Å². The monoisotopic (exact) mass is 294 g/mol. The third-order valence-corrected chi connectivity index (χ3v) is 4.81. The fraction of sp³-hybridized carbons (Fsp3) is 0.812. The maximum Gasteiger partial charge on any atom is 0.280 e. The molecular weight excluding hydrogens is 268 g/mol. The number of nitrogens with zero attached hydrogens (tertiary/aromatic N) is 2. The first-order valence-electron chi connectivity index (χ1n) is 8.21. The van der Waals surface area contributed by atoms with E-state index < -0.39 is 0 Å². The van der Waals surface area contributed by atoms with Crippen molar-refractivity contribution in [3.8, 4) is 0 Å². The molecule has 1 N–H and O–H groups in total. The van der Waals surface area contributed by atoms with Gasteiger partial charge in [0.15, 0.2) is 0 Å². The van der Waals surface area contributed by atoms with Crippen molar-refractivity contribution in [2.24, 2.45) is 5.18 Å². The number of amides is 1. The summed E-state index contributed by atoms with van der Waals surface area (Å²) >= 11 is 0. The third-order valence-electron chi connectivity index (χ3n) is 4.81. The minimum absolute atomic E-state index is 0.199. The first-order valence-corrected chi connectivity index (χ1v) is 8.21. The van der Waals surface area contributed by atoms with E-state index >= 15 is 0 Å². The van der Waals surface area contributed by atoms with E-state index in [0.29, 0.717) is 0 Å². The van der Waals surface area contributed by atoms with E-state index in [2.05, 4.69) is 5.18 Å². The van der Waals surface area contributed by atoms with Gasteiger partial charge in [0.05, 0.1) is 0 Å². The third kappa shape index (κ3) is 3.83. The molecule has 0 bridgehead atoms. The molecule has 0 atom stereocenters. The lowest BCUT2D eigenvalue weighted by Gasteiger charge is -2.41. The molecule has 0 aliphatic heterocycles. The maximum atomic E-state index is 12.7. The van der Waals surface area contributed by atoms with Crippen LogP contribution in [0.4, 0.5) is 0 Å². The molecule has 2 saturated carbocycles. The summed E-state index contributed by atoms with van der Waals surface area (Å²) in [5, 5.41) is 12.4. The average molecular weight is 294 g/mol. The first-order chi connectivity index (χ1) is 10.1. The van der Waals surface area contributed by atoms with E-state index in [-0.39, 0.29) is 29.4 Å². The van der Waals surface area contributed by atoms with Crippen LogP contribution >= 0.6 is 0 Å². The fourth-order valence-electron chi connectivity index (χ4n) is 3.73. The molecule has 0 heterocycles. The van der Waals surface area contributed by atoms with E-state index in [4.69, 9.17) is 0 Å². The Hall–Kier alpha value is -1.39. The lowest BCUT2D eigenvalue weighted by atomic mass is 9.88. The molecule has 0 radical (unpaired) electrons. The molecule has 2 aliphatic carbocycles. The Balaban J connectivity index is 2.23. The quantitative estimate of drug-likeness (QED) is 0.483. The highest BCUT2D eigenvalue weighted by atomic mass is 16.3. The molecule has 118 valence electrons. The summed E-state index contributed by atoms with van der Waals surface area (Å²) in [4.78, 5) is 25.6. The minimum atomic E-state index is -0.371. The van der Waals surface area contributed by atoms with Crippen molar-refractivity contribution in [3.63, 3.8) is 0 Å². The molecule has 2 rings (SSSR count). The van der Waals surface area contributed by atoms with Crippen LogP contribution in [0, 0.1) is 4.91 Å². The molecule has 2 aliphatic rings. The average Bonchev–Trinajstić information content (AvgIpc) is 2.50. The summed E-state index contributed by atoms with van der Waals surface area (Å²) in [7, 11) is 0. The van der Waals surface area contributed by atoms with Crippen molar-refractivity contribution in [1.82, 2.24) is 4.90 Å². The molecule has 0 spiro atoms. The standard InChI is InChI=1S/C16H26N2O3/c1-12(19)15(17-21)16(20)18(13-8-4-2-5-9-13)14-10-6-3-7-11-14/h13-14,19H,2-11H2,1H3/b15-12+. The highest BCUT2D eigenvalue weighted by molar-refractivity contribution is 5.93. The smallest absolute Gasteiger partial charge is 0.280 e.